The van der Waals surface area contributed by atoms with E-state index in [0.29, 0.717) is 5.92 Å². The first-order valence-electron chi connectivity index (χ1n) is 13.9. The lowest BCUT2D eigenvalue weighted by molar-refractivity contribution is -0.105. The number of alkyl halides is 1. The molecule has 0 amide bonds. The molecule has 0 aromatic heterocycles. The molecule has 0 spiro atoms. The van der Waals surface area contributed by atoms with Crippen LogP contribution in [0.15, 0.2) is 23.8 Å². The molecule has 2 atom stereocenters. The zero-order valence-electron chi connectivity index (χ0n) is 24.2. The minimum Gasteiger partial charge on any atom is -0.543 e. The quantitative estimate of drug-likeness (QED) is 0.120. The average Bonchev–Trinajstić information content (AvgIpc) is 2.76. The zero-order valence-corrected chi connectivity index (χ0v) is 26.8. The van der Waals surface area contributed by atoms with E-state index in [2.05, 4.69) is 95.7 Å². The van der Waals surface area contributed by atoms with E-state index < -0.39 is 8.32 Å². The number of carbonyl (C=O) groups is 1. The summed E-state index contributed by atoms with van der Waals surface area (Å²) in [4.78, 5) is 11.8. The molecule has 1 unspecified atom stereocenters. The summed E-state index contributed by atoms with van der Waals surface area (Å²) in [6.07, 6.45) is 10.9. The highest BCUT2D eigenvalue weighted by Crippen LogP contribution is 2.56. The maximum Gasteiger partial charge on any atom is 0.250 e. The Kier molecular flexibility index (Phi) is 8.98. The summed E-state index contributed by atoms with van der Waals surface area (Å²) in [7, 11) is -2.09. The molecule has 36 heavy (non-hydrogen) atoms. The van der Waals surface area contributed by atoms with E-state index >= 15 is 0 Å². The van der Waals surface area contributed by atoms with E-state index in [9.17, 15) is 4.79 Å². The molecule has 0 saturated heterocycles. The summed E-state index contributed by atoms with van der Waals surface area (Å²) >= 11 is 3.55. The van der Waals surface area contributed by atoms with Gasteiger partial charge in [-0.05, 0) is 86.3 Å². The lowest BCUT2D eigenvalue weighted by Crippen LogP contribution is -2.47. The van der Waals surface area contributed by atoms with Crippen LogP contribution in [0.5, 0.6) is 11.5 Å². The van der Waals surface area contributed by atoms with Crippen molar-refractivity contribution >= 4 is 30.5 Å². The zero-order chi connectivity index (χ0) is 26.9. The standard InChI is InChI=1S/C31H49BrO3Si/c1-29(2,3)36(8,9)35-27-20-23(30(4,5)16-12-10-11-13-17-32)19-26-28(27)24-18-22(21-33)14-15-25(24)31(6,7)34-26/h14,19-21,24-25H,10-13,15-18H2,1-9H3/t24?,25-/m1/s1. The van der Waals surface area contributed by atoms with Crippen LogP contribution < -0.4 is 9.16 Å². The van der Waals surface area contributed by atoms with Gasteiger partial charge in [0.15, 0.2) is 0 Å². The van der Waals surface area contributed by atoms with Crippen molar-refractivity contribution in [3.8, 4) is 11.5 Å². The Bertz CT molecular complexity index is 971. The Hall–Kier alpha value is -1.07. The van der Waals surface area contributed by atoms with Gasteiger partial charge in [0.1, 0.15) is 23.4 Å². The summed E-state index contributed by atoms with van der Waals surface area (Å²) < 4.78 is 13.9. The molecule has 0 bridgehead atoms. The lowest BCUT2D eigenvalue weighted by Gasteiger charge is -2.48. The van der Waals surface area contributed by atoms with Gasteiger partial charge < -0.3 is 9.16 Å². The third kappa shape index (κ3) is 6.31. The maximum atomic E-state index is 11.8. The van der Waals surface area contributed by atoms with Crippen LogP contribution in [-0.4, -0.2) is 25.5 Å². The van der Waals surface area contributed by atoms with Crippen LogP contribution in [0.25, 0.3) is 0 Å². The number of unbranched alkanes of at least 4 members (excludes halogenated alkanes) is 3. The number of hydrogen-bond acceptors (Lipinski definition) is 3. The largest absolute Gasteiger partial charge is 0.543 e. The van der Waals surface area contributed by atoms with Crippen LogP contribution in [-0.2, 0) is 10.2 Å². The first-order chi connectivity index (χ1) is 16.6. The van der Waals surface area contributed by atoms with Crippen LogP contribution in [0.2, 0.25) is 18.1 Å². The number of allylic oxidation sites excluding steroid dienone is 2. The van der Waals surface area contributed by atoms with Gasteiger partial charge in [0.2, 0.25) is 8.32 Å². The van der Waals surface area contributed by atoms with Crippen molar-refractivity contribution in [2.45, 2.75) is 128 Å². The molecule has 1 heterocycles. The number of aldehydes is 1. The fourth-order valence-electron chi connectivity index (χ4n) is 5.56. The predicted molar refractivity (Wildman–Crippen MR) is 158 cm³/mol. The van der Waals surface area contributed by atoms with Crippen molar-refractivity contribution < 1.29 is 14.0 Å². The highest BCUT2D eigenvalue weighted by Gasteiger charge is 2.48. The molecule has 0 radical (unpaired) electrons. The normalized spacial score (nSPS) is 21.7. The summed E-state index contributed by atoms with van der Waals surface area (Å²) in [6.45, 7) is 20.7. The van der Waals surface area contributed by atoms with Gasteiger partial charge in [-0.3, -0.25) is 4.79 Å². The van der Waals surface area contributed by atoms with Gasteiger partial charge in [-0.25, -0.2) is 0 Å². The smallest absolute Gasteiger partial charge is 0.250 e. The molecule has 3 rings (SSSR count). The first-order valence-corrected chi connectivity index (χ1v) is 17.9. The molecule has 1 aromatic carbocycles. The van der Waals surface area contributed by atoms with Gasteiger partial charge in [-0.15, -0.1) is 0 Å². The van der Waals surface area contributed by atoms with Gasteiger partial charge in [-0.2, -0.15) is 0 Å². The third-order valence-electron chi connectivity index (χ3n) is 9.11. The van der Waals surface area contributed by atoms with E-state index in [-0.39, 0.29) is 22.0 Å². The molecular weight excluding hydrogens is 528 g/mol. The second-order valence-corrected chi connectivity index (χ2v) is 19.3. The number of rotatable bonds is 10. The van der Waals surface area contributed by atoms with Crippen LogP contribution >= 0.6 is 15.9 Å². The molecule has 3 nitrogen and oxygen atoms in total. The number of carbonyl (C=O) groups excluding carboxylic acids is 1. The molecule has 0 saturated carbocycles. The molecular formula is C31H49BrO3Si. The number of hydrogen-bond donors (Lipinski definition) is 0. The molecule has 0 fully saturated rings. The van der Waals surface area contributed by atoms with Crippen LogP contribution in [0.3, 0.4) is 0 Å². The number of fused-ring (bicyclic) bond motifs is 3. The Morgan fingerprint density at radius 2 is 1.78 bits per heavy atom. The van der Waals surface area contributed by atoms with Gasteiger partial charge in [0, 0.05) is 22.7 Å². The van der Waals surface area contributed by atoms with Crippen molar-refractivity contribution in [2.75, 3.05) is 5.33 Å². The van der Waals surface area contributed by atoms with Crippen molar-refractivity contribution in [1.29, 1.82) is 0 Å². The SMILES string of the molecule is CC(C)(CCCCCCBr)c1cc2c(c(O[Si](C)(C)C(C)(C)C)c1)C1CC(C=O)=CC[C@H]1C(C)(C)O2. The van der Waals surface area contributed by atoms with Crippen molar-refractivity contribution in [2.24, 2.45) is 5.92 Å². The predicted octanol–water partition coefficient (Wildman–Crippen LogP) is 9.48. The minimum atomic E-state index is -2.09. The molecule has 5 heteroatoms. The van der Waals surface area contributed by atoms with Crippen molar-refractivity contribution in [3.05, 3.63) is 34.9 Å². The van der Waals surface area contributed by atoms with E-state index in [1.54, 1.807) is 0 Å². The third-order valence-corrected chi connectivity index (χ3v) is 14.0. The number of halogens is 1. The monoisotopic (exact) mass is 576 g/mol. The summed E-state index contributed by atoms with van der Waals surface area (Å²) in [5.74, 6) is 2.52. The Morgan fingerprint density at radius 1 is 1.11 bits per heavy atom. The fourth-order valence-corrected chi connectivity index (χ4v) is 6.98. The topological polar surface area (TPSA) is 35.5 Å². The van der Waals surface area contributed by atoms with Crippen LogP contribution in [0.4, 0.5) is 0 Å². The molecule has 202 valence electrons. The fraction of sp³-hybridized carbons (Fsp3) is 0.710. The average molecular weight is 578 g/mol. The summed E-state index contributed by atoms with van der Waals surface area (Å²) in [5.41, 5.74) is 3.13. The van der Waals surface area contributed by atoms with Crippen molar-refractivity contribution in [3.63, 3.8) is 0 Å². The maximum absolute atomic E-state index is 11.8. The summed E-state index contributed by atoms with van der Waals surface area (Å²) in [5, 5.41) is 1.18. The molecule has 1 aliphatic carbocycles. The number of benzene rings is 1. The minimum absolute atomic E-state index is 0.0275. The number of ether oxygens (including phenoxy) is 1. The van der Waals surface area contributed by atoms with Gasteiger partial charge in [0.25, 0.3) is 0 Å². The van der Waals surface area contributed by atoms with E-state index in [1.165, 1.54) is 36.8 Å². The second kappa shape index (κ2) is 11.0. The molecule has 1 aliphatic heterocycles. The van der Waals surface area contributed by atoms with Crippen LogP contribution in [0, 0.1) is 5.92 Å². The van der Waals surface area contributed by atoms with Gasteiger partial charge in [-0.1, -0.05) is 75.9 Å². The first kappa shape index (κ1) is 29.5. The Labute approximate surface area is 230 Å². The lowest BCUT2D eigenvalue weighted by atomic mass is 9.66. The van der Waals surface area contributed by atoms with Crippen molar-refractivity contribution in [1.82, 2.24) is 0 Å². The van der Waals surface area contributed by atoms with Gasteiger partial charge in [0.05, 0.1) is 0 Å². The highest BCUT2D eigenvalue weighted by molar-refractivity contribution is 9.09. The van der Waals surface area contributed by atoms with E-state index in [4.69, 9.17) is 9.16 Å². The van der Waals surface area contributed by atoms with Crippen LogP contribution in [0.1, 0.15) is 110 Å². The van der Waals surface area contributed by atoms with E-state index in [1.807, 2.05) is 0 Å². The summed E-state index contributed by atoms with van der Waals surface area (Å²) in [6, 6.07) is 4.62. The molecule has 2 aliphatic rings. The highest BCUT2D eigenvalue weighted by atomic mass is 79.9. The molecule has 1 aromatic rings. The van der Waals surface area contributed by atoms with Gasteiger partial charge >= 0.3 is 0 Å². The second-order valence-electron chi connectivity index (χ2n) is 13.7. The molecule has 0 N–H and O–H groups in total. The Morgan fingerprint density at radius 3 is 2.39 bits per heavy atom. The Balaban J connectivity index is 2.09. The van der Waals surface area contributed by atoms with E-state index in [0.717, 1.165) is 48.0 Å².